The van der Waals surface area contributed by atoms with E-state index < -0.39 is 100 Å². The number of carbonyl (C=O) groups is 4. The molecule has 0 amide bonds. The van der Waals surface area contributed by atoms with Crippen LogP contribution in [-0.4, -0.2) is 85.8 Å². The molecule has 40 heavy (non-hydrogen) atoms. The fourth-order valence-electron chi connectivity index (χ4n) is 7.96. The first kappa shape index (κ1) is 28.8. The lowest BCUT2D eigenvalue weighted by Crippen LogP contribution is -2.86. The summed E-state index contributed by atoms with van der Waals surface area (Å²) < 4.78 is 17.2. The van der Waals surface area contributed by atoms with Crippen molar-refractivity contribution in [2.75, 3.05) is 6.61 Å². The van der Waals surface area contributed by atoms with E-state index in [1.807, 2.05) is 0 Å². The van der Waals surface area contributed by atoms with Crippen LogP contribution in [0.4, 0.5) is 0 Å². The van der Waals surface area contributed by atoms with Crippen LogP contribution in [0.2, 0.25) is 0 Å². The van der Waals surface area contributed by atoms with Crippen molar-refractivity contribution in [3.05, 3.63) is 35.9 Å². The zero-order valence-electron chi connectivity index (χ0n) is 23.1. The molecule has 3 saturated carbocycles. The quantitative estimate of drug-likeness (QED) is 0.300. The number of hydrogen-bond acceptors (Lipinski definition) is 11. The highest BCUT2D eigenvalue weighted by Gasteiger charge is 2.83. The Morgan fingerprint density at radius 1 is 1.02 bits per heavy atom. The van der Waals surface area contributed by atoms with Gasteiger partial charge >= 0.3 is 11.9 Å². The molecule has 4 N–H and O–H groups in total. The number of rotatable bonds is 3. The SMILES string of the molecule is CC(=O)O[C@@]12CO[C@]1(O)C[C@H](O)[C@@]1(C)C(=O)C(=O)C3C(C)[C@@H](O)C[C@@](O)([C@@H](OC(=O)c4ccccc4)[C@@H]12)C3(C)C. The van der Waals surface area contributed by atoms with E-state index in [2.05, 4.69) is 0 Å². The number of hydrogen-bond donors (Lipinski definition) is 4. The topological polar surface area (TPSA) is 177 Å². The van der Waals surface area contributed by atoms with Crippen molar-refractivity contribution in [3.63, 3.8) is 0 Å². The number of benzene rings is 1. The van der Waals surface area contributed by atoms with Crippen molar-refractivity contribution >= 4 is 23.5 Å². The third-order valence-corrected chi connectivity index (χ3v) is 10.4. The third kappa shape index (κ3) is 3.48. The van der Waals surface area contributed by atoms with E-state index in [1.165, 1.54) is 19.1 Å². The van der Waals surface area contributed by atoms with Gasteiger partial charge in [-0.3, -0.25) is 14.4 Å². The average Bonchev–Trinajstić information content (AvgIpc) is 2.88. The largest absolute Gasteiger partial charge is 0.455 e. The summed E-state index contributed by atoms with van der Waals surface area (Å²) >= 11 is 0. The minimum Gasteiger partial charge on any atom is -0.455 e. The van der Waals surface area contributed by atoms with Crippen molar-refractivity contribution in [2.45, 2.75) is 82.8 Å². The first-order valence-corrected chi connectivity index (χ1v) is 13.5. The van der Waals surface area contributed by atoms with Crippen LogP contribution in [0.5, 0.6) is 0 Å². The highest BCUT2D eigenvalue weighted by atomic mass is 16.7. The summed E-state index contributed by atoms with van der Waals surface area (Å²) in [5, 5.41) is 46.7. The maximum atomic E-state index is 14.2. The van der Waals surface area contributed by atoms with Crippen LogP contribution in [0.15, 0.2) is 30.3 Å². The normalized spacial score (nSPS) is 45.6. The van der Waals surface area contributed by atoms with E-state index in [-0.39, 0.29) is 12.0 Å². The van der Waals surface area contributed by atoms with E-state index in [0.29, 0.717) is 0 Å². The fourth-order valence-corrected chi connectivity index (χ4v) is 7.96. The Balaban J connectivity index is 1.82. The second-order valence-corrected chi connectivity index (χ2v) is 12.7. The first-order chi connectivity index (χ1) is 18.5. The average molecular weight is 561 g/mol. The molecular weight excluding hydrogens is 524 g/mol. The summed E-state index contributed by atoms with van der Waals surface area (Å²) in [4.78, 5) is 54.3. The number of aliphatic hydroxyl groups excluding tert-OH is 2. The van der Waals surface area contributed by atoms with Crippen molar-refractivity contribution in [1.29, 1.82) is 0 Å². The smallest absolute Gasteiger partial charge is 0.338 e. The Morgan fingerprint density at radius 2 is 1.65 bits per heavy atom. The van der Waals surface area contributed by atoms with Gasteiger partial charge in [-0.15, -0.1) is 0 Å². The van der Waals surface area contributed by atoms with E-state index in [0.717, 1.165) is 6.92 Å². The first-order valence-electron chi connectivity index (χ1n) is 13.5. The summed E-state index contributed by atoms with van der Waals surface area (Å²) in [6.45, 7) is 6.63. The molecule has 0 aromatic heterocycles. The number of fused-ring (bicyclic) bond motifs is 5. The van der Waals surface area contributed by atoms with Gasteiger partial charge in [0.1, 0.15) is 11.7 Å². The second kappa shape index (κ2) is 8.90. The van der Waals surface area contributed by atoms with Crippen LogP contribution in [-0.2, 0) is 28.6 Å². The molecule has 0 spiro atoms. The van der Waals surface area contributed by atoms with Gasteiger partial charge in [0.25, 0.3) is 0 Å². The lowest BCUT2D eigenvalue weighted by molar-refractivity contribution is -0.454. The van der Waals surface area contributed by atoms with Crippen LogP contribution in [0, 0.1) is 28.6 Å². The molecule has 2 unspecified atom stereocenters. The Bertz CT molecular complexity index is 1260. The van der Waals surface area contributed by atoms with Gasteiger partial charge in [0.05, 0.1) is 35.7 Å². The zero-order valence-corrected chi connectivity index (χ0v) is 23.1. The number of Topliss-reactive ketones (excluding diaryl/α,β-unsaturated/α-hetero) is 2. The Labute approximate surface area is 231 Å². The van der Waals surface area contributed by atoms with Crippen molar-refractivity contribution in [3.8, 4) is 0 Å². The fraction of sp³-hybridized carbons (Fsp3) is 0.655. The highest BCUT2D eigenvalue weighted by Crippen LogP contribution is 2.66. The molecule has 11 heteroatoms. The lowest BCUT2D eigenvalue weighted by atomic mass is 9.42. The van der Waals surface area contributed by atoms with E-state index in [1.54, 1.807) is 39.0 Å². The number of carbonyl (C=O) groups excluding carboxylic acids is 4. The molecule has 5 rings (SSSR count). The van der Waals surface area contributed by atoms with Gasteiger partial charge in [0.15, 0.2) is 5.60 Å². The Kier molecular flexibility index (Phi) is 6.41. The van der Waals surface area contributed by atoms with Crippen LogP contribution in [0.25, 0.3) is 0 Å². The minimum absolute atomic E-state index is 0.106. The van der Waals surface area contributed by atoms with Gasteiger partial charge in [-0.05, 0) is 25.0 Å². The summed E-state index contributed by atoms with van der Waals surface area (Å²) in [6.07, 6.45) is -5.71. The predicted molar refractivity (Wildman–Crippen MR) is 135 cm³/mol. The van der Waals surface area contributed by atoms with Crippen LogP contribution >= 0.6 is 0 Å². The van der Waals surface area contributed by atoms with Crippen molar-refractivity contribution in [2.24, 2.45) is 28.6 Å². The standard InChI is InChI=1S/C29H36O11/c1-14-17(31)11-27(36)23(39-24(35)16-9-7-6-8-10-16)21-26(5,22(34)20(33)19(14)25(27,3)4)18(32)12-29(37)28(21,13-38-29)40-15(2)30/h6-10,14,17-19,21,23,31-32,36-37H,11-13H2,1-5H3/t14?,17-,18-,19?,21-,23-,26+,27+,28+,29+/m0/s1. The zero-order chi connectivity index (χ0) is 29.6. The summed E-state index contributed by atoms with van der Waals surface area (Å²) in [6, 6.07) is 7.85. The Morgan fingerprint density at radius 3 is 2.20 bits per heavy atom. The molecule has 218 valence electrons. The van der Waals surface area contributed by atoms with Gasteiger partial charge in [-0.2, -0.15) is 0 Å². The molecule has 1 aromatic carbocycles. The molecule has 11 nitrogen and oxygen atoms in total. The molecule has 3 aliphatic carbocycles. The molecule has 1 aromatic rings. The van der Waals surface area contributed by atoms with E-state index in [9.17, 15) is 39.6 Å². The van der Waals surface area contributed by atoms with Crippen molar-refractivity contribution in [1.82, 2.24) is 0 Å². The van der Waals surface area contributed by atoms with Gasteiger partial charge < -0.3 is 34.6 Å². The molecule has 1 saturated heterocycles. The number of esters is 2. The lowest BCUT2D eigenvalue weighted by Gasteiger charge is -2.69. The molecule has 1 aliphatic heterocycles. The maximum Gasteiger partial charge on any atom is 0.338 e. The van der Waals surface area contributed by atoms with Crippen LogP contribution < -0.4 is 0 Å². The van der Waals surface area contributed by atoms with Crippen molar-refractivity contribution < 1.29 is 53.8 Å². The summed E-state index contributed by atoms with van der Waals surface area (Å²) in [7, 11) is 0. The maximum absolute atomic E-state index is 14.2. The van der Waals surface area contributed by atoms with Gasteiger partial charge in [0, 0.05) is 31.1 Å². The third-order valence-electron chi connectivity index (χ3n) is 10.4. The van der Waals surface area contributed by atoms with Crippen LogP contribution in [0.3, 0.4) is 0 Å². The van der Waals surface area contributed by atoms with Gasteiger partial charge in [-0.1, -0.05) is 39.0 Å². The molecule has 10 atom stereocenters. The molecule has 0 radical (unpaired) electrons. The number of ketones is 2. The van der Waals surface area contributed by atoms with Crippen LogP contribution in [0.1, 0.15) is 57.8 Å². The molecule has 4 fully saturated rings. The molecule has 2 bridgehead atoms. The number of aliphatic hydroxyl groups is 4. The van der Waals surface area contributed by atoms with E-state index in [4.69, 9.17) is 14.2 Å². The van der Waals surface area contributed by atoms with Gasteiger partial charge in [0.2, 0.25) is 17.4 Å². The molecule has 1 heterocycles. The summed E-state index contributed by atoms with van der Waals surface area (Å²) in [5.41, 5.74) is -7.73. The van der Waals surface area contributed by atoms with E-state index >= 15 is 0 Å². The monoisotopic (exact) mass is 560 g/mol. The van der Waals surface area contributed by atoms with Gasteiger partial charge in [-0.25, -0.2) is 4.79 Å². The minimum atomic E-state index is -2.32. The summed E-state index contributed by atoms with van der Waals surface area (Å²) in [5.74, 6) is -9.66. The molecule has 4 aliphatic rings. The highest BCUT2D eigenvalue weighted by molar-refractivity contribution is 6.40. The molecular formula is C29H36O11. The predicted octanol–water partition coefficient (Wildman–Crippen LogP) is 0.546. The number of ether oxygens (including phenoxy) is 3. The Hall–Kier alpha value is -2.70. The second-order valence-electron chi connectivity index (χ2n) is 12.7.